The Labute approximate surface area is 182 Å². The molecule has 0 aliphatic carbocycles. The fraction of sp³-hybridized carbons (Fsp3) is 0.250. The highest BCUT2D eigenvalue weighted by Gasteiger charge is 2.31. The molecular formula is C20H20F3N5O3S. The van der Waals surface area contributed by atoms with Crippen LogP contribution < -0.4 is 4.72 Å². The minimum absolute atomic E-state index is 0.384. The highest BCUT2D eigenvalue weighted by molar-refractivity contribution is 7.89. The van der Waals surface area contributed by atoms with Crippen molar-refractivity contribution in [1.82, 2.24) is 24.4 Å². The van der Waals surface area contributed by atoms with Gasteiger partial charge >= 0.3 is 6.18 Å². The first-order chi connectivity index (χ1) is 15.0. The molecule has 1 atom stereocenters. The molecule has 8 nitrogen and oxygen atoms in total. The molecule has 0 bridgehead atoms. The summed E-state index contributed by atoms with van der Waals surface area (Å²) in [5.41, 5.74) is 0.485. The summed E-state index contributed by atoms with van der Waals surface area (Å²) in [6.07, 6.45) is -1.73. The summed E-state index contributed by atoms with van der Waals surface area (Å²) in [6.45, 7) is 1.17. The van der Waals surface area contributed by atoms with E-state index < -0.39 is 39.1 Å². The van der Waals surface area contributed by atoms with E-state index in [1.54, 1.807) is 42.2 Å². The number of amides is 1. The number of benzene rings is 2. The molecule has 3 aromatic rings. The molecule has 0 aliphatic rings. The highest BCUT2D eigenvalue weighted by Crippen LogP contribution is 2.30. The van der Waals surface area contributed by atoms with Gasteiger partial charge in [0.05, 0.1) is 28.7 Å². The van der Waals surface area contributed by atoms with Gasteiger partial charge in [0, 0.05) is 7.05 Å². The number of nitrogens with zero attached hydrogens (tertiary/aromatic N) is 4. The number of hydrogen-bond acceptors (Lipinski definition) is 5. The van der Waals surface area contributed by atoms with E-state index in [9.17, 15) is 26.4 Å². The predicted molar refractivity (Wildman–Crippen MR) is 109 cm³/mol. The van der Waals surface area contributed by atoms with Crippen LogP contribution in [0.15, 0.2) is 66.1 Å². The zero-order valence-corrected chi connectivity index (χ0v) is 17.9. The van der Waals surface area contributed by atoms with E-state index in [2.05, 4.69) is 14.8 Å². The Hall–Kier alpha value is -3.25. The van der Waals surface area contributed by atoms with Crippen molar-refractivity contribution in [3.05, 3.63) is 72.3 Å². The van der Waals surface area contributed by atoms with Gasteiger partial charge in [-0.3, -0.25) is 4.79 Å². The maximum atomic E-state index is 12.8. The van der Waals surface area contributed by atoms with E-state index in [-0.39, 0.29) is 6.04 Å². The van der Waals surface area contributed by atoms with Crippen LogP contribution in [0.1, 0.15) is 24.1 Å². The molecule has 0 saturated carbocycles. The van der Waals surface area contributed by atoms with E-state index in [4.69, 9.17) is 0 Å². The van der Waals surface area contributed by atoms with E-state index in [0.29, 0.717) is 6.07 Å². The molecule has 1 unspecified atom stereocenters. The molecule has 1 aromatic heterocycles. The second kappa shape index (κ2) is 9.09. The lowest BCUT2D eigenvalue weighted by atomic mass is 10.1. The summed E-state index contributed by atoms with van der Waals surface area (Å²) >= 11 is 0. The van der Waals surface area contributed by atoms with Crippen molar-refractivity contribution in [1.29, 1.82) is 0 Å². The van der Waals surface area contributed by atoms with Crippen LogP contribution in [0.3, 0.4) is 0 Å². The average Bonchev–Trinajstić information content (AvgIpc) is 3.31. The van der Waals surface area contributed by atoms with Gasteiger partial charge in [-0.2, -0.15) is 18.3 Å². The van der Waals surface area contributed by atoms with Crippen LogP contribution in [0.2, 0.25) is 0 Å². The summed E-state index contributed by atoms with van der Waals surface area (Å²) in [6, 6.07) is 10.1. The van der Waals surface area contributed by atoms with Crippen molar-refractivity contribution >= 4 is 15.9 Å². The van der Waals surface area contributed by atoms with Crippen LogP contribution in [0.5, 0.6) is 0 Å². The molecule has 0 aliphatic heterocycles. The number of sulfonamides is 1. The Morgan fingerprint density at radius 1 is 1.19 bits per heavy atom. The third-order valence-electron chi connectivity index (χ3n) is 4.92. The van der Waals surface area contributed by atoms with Crippen LogP contribution in [0, 0.1) is 0 Å². The summed E-state index contributed by atoms with van der Waals surface area (Å²) in [7, 11) is -2.80. The predicted octanol–water partition coefficient (Wildman–Crippen LogP) is 2.78. The van der Waals surface area contributed by atoms with Gasteiger partial charge in [-0.05, 0) is 42.8 Å². The zero-order chi connectivity index (χ0) is 23.5. The number of alkyl halides is 3. The van der Waals surface area contributed by atoms with E-state index >= 15 is 0 Å². The lowest BCUT2D eigenvalue weighted by Crippen LogP contribution is -2.39. The molecule has 3 rings (SSSR count). The number of carbonyl (C=O) groups excluding carboxylic acids is 1. The van der Waals surface area contributed by atoms with Gasteiger partial charge in [0.1, 0.15) is 12.7 Å². The molecule has 170 valence electrons. The Morgan fingerprint density at radius 3 is 2.47 bits per heavy atom. The molecule has 2 aromatic carbocycles. The normalized spacial score (nSPS) is 13.0. The SMILES string of the molecule is CC(c1ccc(-n2cncn2)cc1)N(C)C(=O)CNS(=O)(=O)c1cccc(C(F)(F)F)c1. The van der Waals surface area contributed by atoms with Crippen LogP contribution in [-0.4, -0.2) is 47.6 Å². The van der Waals surface area contributed by atoms with Crippen LogP contribution >= 0.6 is 0 Å². The van der Waals surface area contributed by atoms with E-state index in [1.807, 2.05) is 0 Å². The summed E-state index contributed by atoms with van der Waals surface area (Å²) in [4.78, 5) is 17.2. The van der Waals surface area contributed by atoms with Crippen molar-refractivity contribution in [3.63, 3.8) is 0 Å². The second-order valence-electron chi connectivity index (χ2n) is 6.96. The van der Waals surface area contributed by atoms with Crippen LogP contribution in [0.4, 0.5) is 13.2 Å². The van der Waals surface area contributed by atoms with Gasteiger partial charge in [0.2, 0.25) is 15.9 Å². The maximum Gasteiger partial charge on any atom is 0.416 e. The standard InChI is InChI=1S/C20H20F3N5O3S/c1-14(15-6-8-17(9-7-15)28-13-24-12-25-28)27(2)19(29)11-26-32(30,31)18-5-3-4-16(10-18)20(21,22)23/h3-10,12-14,26H,11H2,1-2H3. The van der Waals surface area contributed by atoms with Crippen LogP contribution in [-0.2, 0) is 21.0 Å². The molecule has 32 heavy (non-hydrogen) atoms. The summed E-state index contributed by atoms with van der Waals surface area (Å²) in [5, 5.41) is 4.03. The Bertz CT molecular complexity index is 1180. The Morgan fingerprint density at radius 2 is 1.88 bits per heavy atom. The Balaban J connectivity index is 1.65. The number of nitrogens with one attached hydrogen (secondary N) is 1. The zero-order valence-electron chi connectivity index (χ0n) is 17.1. The molecule has 0 radical (unpaired) electrons. The third kappa shape index (κ3) is 5.32. The largest absolute Gasteiger partial charge is 0.416 e. The topological polar surface area (TPSA) is 97.2 Å². The van der Waals surface area contributed by atoms with Crippen molar-refractivity contribution in [2.75, 3.05) is 13.6 Å². The molecule has 0 spiro atoms. The molecular weight excluding hydrogens is 447 g/mol. The molecule has 1 amide bonds. The fourth-order valence-electron chi connectivity index (χ4n) is 2.89. The van der Waals surface area contributed by atoms with Crippen molar-refractivity contribution in [3.8, 4) is 5.69 Å². The van der Waals surface area contributed by atoms with Crippen LogP contribution in [0.25, 0.3) is 5.69 Å². The number of rotatable bonds is 7. The fourth-order valence-corrected chi connectivity index (χ4v) is 3.91. The maximum absolute atomic E-state index is 12.8. The lowest BCUT2D eigenvalue weighted by molar-refractivity contribution is -0.137. The smallest absolute Gasteiger partial charge is 0.338 e. The molecule has 12 heteroatoms. The van der Waals surface area contributed by atoms with Gasteiger partial charge in [-0.1, -0.05) is 18.2 Å². The number of halogens is 3. The van der Waals surface area contributed by atoms with Gasteiger partial charge in [0.25, 0.3) is 0 Å². The van der Waals surface area contributed by atoms with Crippen molar-refractivity contribution in [2.24, 2.45) is 0 Å². The van der Waals surface area contributed by atoms with E-state index in [1.165, 1.54) is 18.3 Å². The first-order valence-corrected chi connectivity index (χ1v) is 10.8. The number of hydrogen-bond donors (Lipinski definition) is 1. The molecule has 1 N–H and O–H groups in total. The molecule has 0 saturated heterocycles. The monoisotopic (exact) mass is 467 g/mol. The summed E-state index contributed by atoms with van der Waals surface area (Å²) in [5.74, 6) is -0.548. The van der Waals surface area contributed by atoms with Gasteiger partial charge in [-0.15, -0.1) is 0 Å². The number of carbonyl (C=O) groups is 1. The van der Waals surface area contributed by atoms with Gasteiger partial charge in [-0.25, -0.2) is 22.8 Å². The molecule has 1 heterocycles. The molecule has 0 fully saturated rings. The first kappa shape index (κ1) is 23.4. The first-order valence-electron chi connectivity index (χ1n) is 9.36. The third-order valence-corrected chi connectivity index (χ3v) is 6.32. The second-order valence-corrected chi connectivity index (χ2v) is 8.73. The lowest BCUT2D eigenvalue weighted by Gasteiger charge is -2.25. The number of likely N-dealkylation sites (N-methyl/N-ethyl adjacent to an activating group) is 1. The average molecular weight is 467 g/mol. The number of aromatic nitrogens is 3. The minimum atomic E-state index is -4.68. The minimum Gasteiger partial charge on any atom is -0.338 e. The van der Waals surface area contributed by atoms with Gasteiger partial charge < -0.3 is 4.90 Å². The Kier molecular flexibility index (Phi) is 6.65. The highest BCUT2D eigenvalue weighted by atomic mass is 32.2. The van der Waals surface area contributed by atoms with Gasteiger partial charge in [0.15, 0.2) is 0 Å². The van der Waals surface area contributed by atoms with Crippen molar-refractivity contribution < 1.29 is 26.4 Å². The quantitative estimate of drug-likeness (QED) is 0.576. The van der Waals surface area contributed by atoms with Crippen molar-refractivity contribution in [2.45, 2.75) is 24.0 Å². The summed E-state index contributed by atoms with van der Waals surface area (Å²) < 4.78 is 66.9. The van der Waals surface area contributed by atoms with E-state index in [0.717, 1.165) is 29.4 Å².